The maximum absolute atomic E-state index is 12.7. The quantitative estimate of drug-likeness (QED) is 0.536. The van der Waals surface area contributed by atoms with E-state index in [0.717, 1.165) is 11.1 Å². The number of amides is 2. The van der Waals surface area contributed by atoms with Crippen LogP contribution >= 0.6 is 0 Å². The molecule has 3 rings (SSSR count). The first-order valence-corrected chi connectivity index (χ1v) is 9.68. The fourth-order valence-electron chi connectivity index (χ4n) is 3.01. The summed E-state index contributed by atoms with van der Waals surface area (Å²) in [5.41, 5.74) is 3.31. The predicted octanol–water partition coefficient (Wildman–Crippen LogP) is 4.92. The average Bonchev–Trinajstić information content (AvgIpc) is 2.77. The molecule has 0 saturated carbocycles. The smallest absolute Gasteiger partial charge is 0.257 e. The van der Waals surface area contributed by atoms with Crippen LogP contribution in [0.1, 0.15) is 21.5 Å². The fraction of sp³-hybridized carbons (Fsp3) is 0.120. The molecule has 0 aliphatic heterocycles. The third-order valence-electron chi connectivity index (χ3n) is 4.54. The number of hydrogen-bond acceptors (Lipinski definition) is 4. The van der Waals surface area contributed by atoms with Crippen molar-refractivity contribution in [2.75, 3.05) is 24.9 Å². The molecule has 0 fully saturated rings. The van der Waals surface area contributed by atoms with E-state index >= 15 is 0 Å². The molecule has 3 aromatic rings. The molecule has 0 aromatic heterocycles. The van der Waals surface area contributed by atoms with Crippen LogP contribution in [0.5, 0.6) is 11.5 Å². The minimum absolute atomic E-state index is 0.301. The molecule has 0 aliphatic rings. The number of para-hydroxylation sites is 1. The van der Waals surface area contributed by atoms with Crippen LogP contribution < -0.4 is 20.1 Å². The minimum Gasteiger partial charge on any atom is -0.493 e. The molecule has 3 aromatic carbocycles. The molecule has 0 bridgehead atoms. The van der Waals surface area contributed by atoms with Crippen molar-refractivity contribution in [3.63, 3.8) is 0 Å². The molecule has 0 atom stereocenters. The highest BCUT2D eigenvalue weighted by atomic mass is 16.5. The number of rotatable bonds is 7. The lowest BCUT2D eigenvalue weighted by Gasteiger charge is -2.11. The molecule has 0 aliphatic carbocycles. The predicted molar refractivity (Wildman–Crippen MR) is 123 cm³/mol. The molecule has 0 saturated heterocycles. The number of aryl methyl sites for hydroxylation is 1. The van der Waals surface area contributed by atoms with Crippen LogP contribution in [0.3, 0.4) is 0 Å². The molecule has 0 spiro atoms. The highest BCUT2D eigenvalue weighted by Crippen LogP contribution is 2.28. The van der Waals surface area contributed by atoms with Crippen LogP contribution in [0.15, 0.2) is 72.8 Å². The number of carbonyl (C=O) groups is 2. The lowest BCUT2D eigenvalue weighted by atomic mass is 10.1. The van der Waals surface area contributed by atoms with Gasteiger partial charge in [-0.25, -0.2) is 0 Å². The molecular formula is C25H24N2O4. The zero-order chi connectivity index (χ0) is 22.2. The Labute approximate surface area is 181 Å². The van der Waals surface area contributed by atoms with Gasteiger partial charge in [-0.3, -0.25) is 9.59 Å². The highest BCUT2D eigenvalue weighted by Gasteiger charge is 2.13. The largest absolute Gasteiger partial charge is 0.493 e. The van der Waals surface area contributed by atoms with E-state index < -0.39 is 0 Å². The maximum Gasteiger partial charge on any atom is 0.257 e. The van der Waals surface area contributed by atoms with Crippen LogP contribution in [0.25, 0.3) is 6.08 Å². The normalized spacial score (nSPS) is 10.5. The summed E-state index contributed by atoms with van der Waals surface area (Å²) in [5, 5.41) is 5.63. The van der Waals surface area contributed by atoms with Crippen molar-refractivity contribution in [2.45, 2.75) is 6.92 Å². The van der Waals surface area contributed by atoms with Crippen LogP contribution in [0, 0.1) is 6.92 Å². The van der Waals surface area contributed by atoms with E-state index in [4.69, 9.17) is 9.47 Å². The molecule has 6 heteroatoms. The number of hydrogen-bond donors (Lipinski definition) is 2. The van der Waals surface area contributed by atoms with Gasteiger partial charge < -0.3 is 20.1 Å². The van der Waals surface area contributed by atoms with Crippen LogP contribution in [-0.2, 0) is 4.79 Å². The Bertz CT molecular complexity index is 1120. The summed E-state index contributed by atoms with van der Waals surface area (Å²) in [7, 11) is 3.12. The minimum atomic E-state index is -0.356. The second-order valence-electron chi connectivity index (χ2n) is 6.81. The Balaban J connectivity index is 1.72. The van der Waals surface area contributed by atoms with Crippen molar-refractivity contribution in [2.24, 2.45) is 0 Å². The molecule has 2 N–H and O–H groups in total. The Morgan fingerprint density at radius 3 is 2.35 bits per heavy atom. The first kappa shape index (κ1) is 21.6. The first-order chi connectivity index (χ1) is 15.0. The van der Waals surface area contributed by atoms with Gasteiger partial charge in [0.25, 0.3) is 5.91 Å². The summed E-state index contributed by atoms with van der Waals surface area (Å²) in [6.45, 7) is 1.95. The van der Waals surface area contributed by atoms with Gasteiger partial charge in [0, 0.05) is 11.8 Å². The molecule has 0 radical (unpaired) electrons. The van der Waals surface area contributed by atoms with Gasteiger partial charge in [0.1, 0.15) is 0 Å². The second-order valence-corrected chi connectivity index (χ2v) is 6.81. The van der Waals surface area contributed by atoms with Crippen LogP contribution in [0.2, 0.25) is 0 Å². The van der Waals surface area contributed by atoms with E-state index in [1.165, 1.54) is 6.08 Å². The third kappa shape index (κ3) is 5.73. The second kappa shape index (κ2) is 10.1. The van der Waals surface area contributed by atoms with E-state index in [1.54, 1.807) is 56.7 Å². The van der Waals surface area contributed by atoms with Gasteiger partial charge in [0.15, 0.2) is 11.5 Å². The van der Waals surface area contributed by atoms with Crippen molar-refractivity contribution in [3.8, 4) is 11.5 Å². The lowest BCUT2D eigenvalue weighted by molar-refractivity contribution is -0.111. The lowest BCUT2D eigenvalue weighted by Crippen LogP contribution is -2.17. The third-order valence-corrected chi connectivity index (χ3v) is 4.54. The van der Waals surface area contributed by atoms with Gasteiger partial charge in [-0.2, -0.15) is 0 Å². The van der Waals surface area contributed by atoms with Crippen LogP contribution in [0.4, 0.5) is 11.4 Å². The van der Waals surface area contributed by atoms with Crippen molar-refractivity contribution < 1.29 is 19.1 Å². The van der Waals surface area contributed by atoms with Gasteiger partial charge in [0.2, 0.25) is 5.91 Å². The summed E-state index contributed by atoms with van der Waals surface area (Å²) in [6.07, 6.45) is 3.06. The fourth-order valence-corrected chi connectivity index (χ4v) is 3.01. The molecule has 158 valence electrons. The Morgan fingerprint density at radius 1 is 0.839 bits per heavy atom. The van der Waals surface area contributed by atoms with E-state index in [-0.39, 0.29) is 11.8 Å². The molecule has 6 nitrogen and oxygen atoms in total. The molecule has 31 heavy (non-hydrogen) atoms. The molecular weight excluding hydrogens is 392 g/mol. The van der Waals surface area contributed by atoms with Gasteiger partial charge in [-0.15, -0.1) is 0 Å². The average molecular weight is 416 g/mol. The van der Waals surface area contributed by atoms with E-state index in [9.17, 15) is 9.59 Å². The van der Waals surface area contributed by atoms with Crippen molar-refractivity contribution >= 4 is 29.3 Å². The number of anilines is 2. The Hall–Kier alpha value is -4.06. The van der Waals surface area contributed by atoms with E-state index in [1.807, 2.05) is 37.3 Å². The molecule has 0 unspecified atom stereocenters. The van der Waals surface area contributed by atoms with E-state index in [0.29, 0.717) is 28.4 Å². The SMILES string of the molecule is COc1ccc(C=CC(=O)Nc2ccccc2C(=O)Nc2cccc(C)c2)cc1OC. The Kier molecular flexibility index (Phi) is 7.06. The van der Waals surface area contributed by atoms with Gasteiger partial charge in [0.05, 0.1) is 25.5 Å². The number of nitrogens with one attached hydrogen (secondary N) is 2. The summed E-state index contributed by atoms with van der Waals surface area (Å²) >= 11 is 0. The molecule has 2 amide bonds. The summed E-state index contributed by atoms with van der Waals surface area (Å²) in [5.74, 6) is 0.525. The van der Waals surface area contributed by atoms with Crippen molar-refractivity contribution in [3.05, 3.63) is 89.5 Å². The highest BCUT2D eigenvalue weighted by molar-refractivity contribution is 6.11. The first-order valence-electron chi connectivity index (χ1n) is 9.68. The topological polar surface area (TPSA) is 76.7 Å². The number of ether oxygens (including phenoxy) is 2. The number of benzene rings is 3. The molecule has 0 heterocycles. The van der Waals surface area contributed by atoms with Gasteiger partial charge >= 0.3 is 0 Å². The van der Waals surface area contributed by atoms with E-state index in [2.05, 4.69) is 10.6 Å². The zero-order valence-corrected chi connectivity index (χ0v) is 17.6. The van der Waals surface area contributed by atoms with Crippen molar-refractivity contribution in [1.82, 2.24) is 0 Å². The zero-order valence-electron chi connectivity index (χ0n) is 17.6. The number of methoxy groups -OCH3 is 2. The maximum atomic E-state index is 12.7. The van der Waals surface area contributed by atoms with Gasteiger partial charge in [-0.05, 0) is 60.5 Å². The number of carbonyl (C=O) groups excluding carboxylic acids is 2. The van der Waals surface area contributed by atoms with Gasteiger partial charge in [-0.1, -0.05) is 30.3 Å². The van der Waals surface area contributed by atoms with Crippen molar-refractivity contribution in [1.29, 1.82) is 0 Å². The van der Waals surface area contributed by atoms with Crippen LogP contribution in [-0.4, -0.2) is 26.0 Å². The Morgan fingerprint density at radius 2 is 1.61 bits per heavy atom. The summed E-state index contributed by atoms with van der Waals surface area (Å²) in [4.78, 5) is 25.2. The summed E-state index contributed by atoms with van der Waals surface area (Å²) in [6, 6.07) is 19.7. The summed E-state index contributed by atoms with van der Waals surface area (Å²) < 4.78 is 10.5. The monoisotopic (exact) mass is 416 g/mol. The standard InChI is InChI=1S/C25H24N2O4/c1-17-7-6-8-19(15-17)26-25(29)20-9-4-5-10-21(20)27-24(28)14-12-18-11-13-22(30-2)23(16-18)31-3/h4-16H,1-3H3,(H,26,29)(H,27,28).